The van der Waals surface area contributed by atoms with Crippen LogP contribution in [0.1, 0.15) is 48.7 Å². The third-order valence-electron chi connectivity index (χ3n) is 2.12. The molecule has 0 bridgehead atoms. The standard InChI is InChI=1S/C11H16O2/c1-3-4-5-6-10(12)11-9(2)7-8-13-11/h7-8H,3-6H2,1-2H3. The predicted octanol–water partition coefficient (Wildman–Crippen LogP) is 3.35. The van der Waals surface area contributed by atoms with E-state index in [1.54, 1.807) is 6.26 Å². The van der Waals surface area contributed by atoms with E-state index in [2.05, 4.69) is 6.92 Å². The molecule has 0 unspecified atom stereocenters. The Morgan fingerprint density at radius 2 is 2.23 bits per heavy atom. The Bertz CT molecular complexity index is 273. The maximum atomic E-state index is 11.5. The molecule has 0 amide bonds. The first-order valence-corrected chi connectivity index (χ1v) is 4.83. The van der Waals surface area contributed by atoms with E-state index >= 15 is 0 Å². The van der Waals surface area contributed by atoms with Crippen LogP contribution in [0, 0.1) is 6.92 Å². The fourth-order valence-electron chi connectivity index (χ4n) is 1.31. The fourth-order valence-corrected chi connectivity index (χ4v) is 1.31. The number of carbonyl (C=O) groups is 1. The first-order chi connectivity index (χ1) is 6.25. The van der Waals surface area contributed by atoms with Gasteiger partial charge in [0, 0.05) is 6.42 Å². The zero-order valence-electron chi connectivity index (χ0n) is 8.30. The Labute approximate surface area is 78.9 Å². The van der Waals surface area contributed by atoms with E-state index in [4.69, 9.17) is 4.42 Å². The molecule has 0 N–H and O–H groups in total. The van der Waals surface area contributed by atoms with E-state index in [-0.39, 0.29) is 5.78 Å². The van der Waals surface area contributed by atoms with Crippen molar-refractivity contribution in [3.05, 3.63) is 23.7 Å². The van der Waals surface area contributed by atoms with Crippen LogP contribution < -0.4 is 0 Å². The Kier molecular flexibility index (Phi) is 3.74. The normalized spacial score (nSPS) is 10.3. The van der Waals surface area contributed by atoms with E-state index in [1.807, 2.05) is 13.0 Å². The molecule has 0 saturated carbocycles. The molecule has 1 aromatic heterocycles. The highest BCUT2D eigenvalue weighted by molar-refractivity contribution is 5.94. The second-order valence-electron chi connectivity index (χ2n) is 3.31. The number of carbonyl (C=O) groups excluding carboxylic acids is 1. The van der Waals surface area contributed by atoms with Gasteiger partial charge >= 0.3 is 0 Å². The molecule has 1 heterocycles. The van der Waals surface area contributed by atoms with Crippen molar-refractivity contribution in [3.8, 4) is 0 Å². The summed E-state index contributed by atoms with van der Waals surface area (Å²) in [5.74, 6) is 0.673. The number of Topliss-reactive ketones (excluding diaryl/α,β-unsaturated/α-hetero) is 1. The first-order valence-electron chi connectivity index (χ1n) is 4.83. The molecule has 72 valence electrons. The molecule has 0 aliphatic carbocycles. The molecule has 1 aromatic rings. The smallest absolute Gasteiger partial charge is 0.198 e. The highest BCUT2D eigenvalue weighted by Crippen LogP contribution is 2.13. The molecule has 0 spiro atoms. The van der Waals surface area contributed by atoms with Crippen LogP contribution in [0.25, 0.3) is 0 Å². The first kappa shape index (κ1) is 10.0. The minimum absolute atomic E-state index is 0.135. The van der Waals surface area contributed by atoms with Gasteiger partial charge in [-0.15, -0.1) is 0 Å². The maximum Gasteiger partial charge on any atom is 0.198 e. The molecule has 1 rings (SSSR count). The molecular formula is C11H16O2. The van der Waals surface area contributed by atoms with Crippen LogP contribution in [0.4, 0.5) is 0 Å². The van der Waals surface area contributed by atoms with Crippen LogP contribution in [-0.2, 0) is 0 Å². The number of hydrogen-bond donors (Lipinski definition) is 0. The van der Waals surface area contributed by atoms with Gasteiger partial charge in [0.15, 0.2) is 11.5 Å². The summed E-state index contributed by atoms with van der Waals surface area (Å²) in [6.07, 6.45) is 5.41. The molecule has 0 aliphatic heterocycles. The van der Waals surface area contributed by atoms with Crippen molar-refractivity contribution < 1.29 is 9.21 Å². The summed E-state index contributed by atoms with van der Waals surface area (Å²) in [4.78, 5) is 11.5. The molecule has 0 aliphatic rings. The average molecular weight is 180 g/mol. The molecule has 0 aromatic carbocycles. The van der Waals surface area contributed by atoms with Crippen molar-refractivity contribution in [2.75, 3.05) is 0 Å². The molecule has 0 atom stereocenters. The summed E-state index contributed by atoms with van der Waals surface area (Å²) in [6.45, 7) is 4.03. The lowest BCUT2D eigenvalue weighted by atomic mass is 10.1. The number of unbranched alkanes of at least 4 members (excludes halogenated alkanes) is 2. The van der Waals surface area contributed by atoms with Crippen molar-refractivity contribution in [2.24, 2.45) is 0 Å². The summed E-state index contributed by atoms with van der Waals surface area (Å²) in [7, 11) is 0. The van der Waals surface area contributed by atoms with Crippen LogP contribution in [-0.4, -0.2) is 5.78 Å². The maximum absolute atomic E-state index is 11.5. The van der Waals surface area contributed by atoms with Crippen LogP contribution in [0.15, 0.2) is 16.7 Å². The lowest BCUT2D eigenvalue weighted by Crippen LogP contribution is -1.98. The Hall–Kier alpha value is -1.05. The van der Waals surface area contributed by atoms with Crippen molar-refractivity contribution >= 4 is 5.78 Å². The average Bonchev–Trinajstić information content (AvgIpc) is 2.52. The Balaban J connectivity index is 2.45. The summed E-state index contributed by atoms with van der Waals surface area (Å²) < 4.78 is 5.11. The second kappa shape index (κ2) is 4.85. The third-order valence-corrected chi connectivity index (χ3v) is 2.12. The lowest BCUT2D eigenvalue weighted by molar-refractivity contribution is 0.0951. The lowest BCUT2D eigenvalue weighted by Gasteiger charge is -1.97. The Morgan fingerprint density at radius 1 is 1.46 bits per heavy atom. The van der Waals surface area contributed by atoms with Gasteiger partial charge in [-0.2, -0.15) is 0 Å². The van der Waals surface area contributed by atoms with Gasteiger partial charge in [-0.3, -0.25) is 4.79 Å². The van der Waals surface area contributed by atoms with Gasteiger partial charge in [0.05, 0.1) is 6.26 Å². The topological polar surface area (TPSA) is 30.2 Å². The van der Waals surface area contributed by atoms with Crippen LogP contribution in [0.5, 0.6) is 0 Å². The predicted molar refractivity (Wildman–Crippen MR) is 51.9 cm³/mol. The van der Waals surface area contributed by atoms with Crippen molar-refractivity contribution in [3.63, 3.8) is 0 Å². The van der Waals surface area contributed by atoms with Crippen molar-refractivity contribution in [1.82, 2.24) is 0 Å². The quantitative estimate of drug-likeness (QED) is 0.513. The van der Waals surface area contributed by atoms with E-state index < -0.39 is 0 Å². The zero-order chi connectivity index (χ0) is 9.68. The summed E-state index contributed by atoms with van der Waals surface area (Å²) in [6, 6.07) is 1.83. The molecule has 13 heavy (non-hydrogen) atoms. The van der Waals surface area contributed by atoms with Crippen molar-refractivity contribution in [1.29, 1.82) is 0 Å². The highest BCUT2D eigenvalue weighted by Gasteiger charge is 2.11. The van der Waals surface area contributed by atoms with Gasteiger partial charge in [0.2, 0.25) is 0 Å². The van der Waals surface area contributed by atoms with Gasteiger partial charge in [-0.05, 0) is 25.0 Å². The SMILES string of the molecule is CCCCCC(=O)c1occc1C. The minimum Gasteiger partial charge on any atom is -0.461 e. The van der Waals surface area contributed by atoms with Crippen LogP contribution in [0.2, 0.25) is 0 Å². The molecule has 0 saturated heterocycles. The van der Waals surface area contributed by atoms with Gasteiger partial charge in [0.25, 0.3) is 0 Å². The van der Waals surface area contributed by atoms with Gasteiger partial charge in [-0.25, -0.2) is 0 Å². The third kappa shape index (κ3) is 2.72. The molecule has 0 radical (unpaired) electrons. The highest BCUT2D eigenvalue weighted by atomic mass is 16.3. The van der Waals surface area contributed by atoms with Gasteiger partial charge < -0.3 is 4.42 Å². The molecule has 2 heteroatoms. The largest absolute Gasteiger partial charge is 0.461 e. The number of aryl methyl sites for hydroxylation is 1. The summed E-state index contributed by atoms with van der Waals surface area (Å²) >= 11 is 0. The van der Waals surface area contributed by atoms with E-state index in [1.165, 1.54) is 0 Å². The van der Waals surface area contributed by atoms with E-state index in [9.17, 15) is 4.79 Å². The molecular weight excluding hydrogens is 164 g/mol. The minimum atomic E-state index is 0.135. The summed E-state index contributed by atoms with van der Waals surface area (Å²) in [5.41, 5.74) is 0.946. The summed E-state index contributed by atoms with van der Waals surface area (Å²) in [5, 5.41) is 0. The van der Waals surface area contributed by atoms with E-state index in [0.29, 0.717) is 12.2 Å². The van der Waals surface area contributed by atoms with Crippen LogP contribution >= 0.6 is 0 Å². The van der Waals surface area contributed by atoms with Crippen LogP contribution in [0.3, 0.4) is 0 Å². The number of rotatable bonds is 5. The molecule has 2 nitrogen and oxygen atoms in total. The molecule has 0 fully saturated rings. The fraction of sp³-hybridized carbons (Fsp3) is 0.545. The monoisotopic (exact) mass is 180 g/mol. The van der Waals surface area contributed by atoms with E-state index in [0.717, 1.165) is 24.8 Å². The number of furan rings is 1. The van der Waals surface area contributed by atoms with Crippen molar-refractivity contribution in [2.45, 2.75) is 39.5 Å². The van der Waals surface area contributed by atoms with Gasteiger partial charge in [-0.1, -0.05) is 19.8 Å². The number of ketones is 1. The number of hydrogen-bond acceptors (Lipinski definition) is 2. The second-order valence-corrected chi connectivity index (χ2v) is 3.31. The van der Waals surface area contributed by atoms with Gasteiger partial charge in [0.1, 0.15) is 0 Å². The zero-order valence-corrected chi connectivity index (χ0v) is 8.30. The Morgan fingerprint density at radius 3 is 2.77 bits per heavy atom.